The second-order valence-electron chi connectivity index (χ2n) is 3.27. The third-order valence-electron chi connectivity index (χ3n) is 2.05. The summed E-state index contributed by atoms with van der Waals surface area (Å²) in [6.45, 7) is 0. The lowest BCUT2D eigenvalue weighted by atomic mass is 10.1. The zero-order valence-electron chi connectivity index (χ0n) is 8.94. The minimum absolute atomic E-state index is 0.0199. The Morgan fingerprint density at radius 2 is 2.12 bits per heavy atom. The van der Waals surface area contributed by atoms with E-state index in [1.54, 1.807) is 0 Å². The van der Waals surface area contributed by atoms with Gasteiger partial charge in [0, 0.05) is 22.7 Å². The van der Waals surface area contributed by atoms with E-state index >= 15 is 0 Å². The first-order chi connectivity index (χ1) is 7.83. The van der Waals surface area contributed by atoms with Gasteiger partial charge in [-0.2, -0.15) is 0 Å². The van der Waals surface area contributed by atoms with Gasteiger partial charge in [-0.25, -0.2) is 12.8 Å². The maximum absolute atomic E-state index is 13.3. The molecule has 1 aromatic carbocycles. The van der Waals surface area contributed by atoms with E-state index < -0.39 is 26.4 Å². The molecule has 0 amide bonds. The van der Waals surface area contributed by atoms with Gasteiger partial charge in [0.05, 0.1) is 12.9 Å². The lowest BCUT2D eigenvalue weighted by molar-refractivity contribution is 0.0988. The molecule has 0 aromatic heterocycles. The fourth-order valence-electron chi connectivity index (χ4n) is 1.20. The third-order valence-corrected chi connectivity index (χ3v) is 3.20. The molecule has 0 saturated carbocycles. The van der Waals surface area contributed by atoms with Gasteiger partial charge in [-0.1, -0.05) is 0 Å². The first kappa shape index (κ1) is 13.9. The highest BCUT2D eigenvalue weighted by molar-refractivity contribution is 8.13. The summed E-state index contributed by atoms with van der Waals surface area (Å²) < 4.78 is 39.3. The molecule has 0 atom stereocenters. The fourth-order valence-corrected chi connectivity index (χ4v) is 1.86. The summed E-state index contributed by atoms with van der Waals surface area (Å²) >= 11 is 0. The van der Waals surface area contributed by atoms with Crippen molar-refractivity contribution in [1.82, 2.24) is 0 Å². The Morgan fingerprint density at radius 1 is 1.47 bits per heavy atom. The van der Waals surface area contributed by atoms with Crippen molar-refractivity contribution >= 4 is 25.5 Å². The van der Waals surface area contributed by atoms with E-state index in [1.807, 2.05) is 0 Å². The van der Waals surface area contributed by atoms with Crippen LogP contribution >= 0.6 is 10.7 Å². The standard InChI is InChI=1S/C10H10ClFO4S/c1-16-10-3-2-7(6-8(10)12)9(13)4-5-17(11,14)15/h2-3,6H,4-5H2,1H3. The lowest BCUT2D eigenvalue weighted by Gasteiger charge is -2.04. The van der Waals surface area contributed by atoms with Crippen LogP contribution in [0.2, 0.25) is 0 Å². The largest absolute Gasteiger partial charge is 0.494 e. The SMILES string of the molecule is COc1ccc(C(=O)CCS(=O)(=O)Cl)cc1F. The zero-order valence-corrected chi connectivity index (χ0v) is 10.5. The molecule has 0 aliphatic rings. The number of halogens is 2. The van der Waals surface area contributed by atoms with Gasteiger partial charge in [0.15, 0.2) is 17.3 Å². The van der Waals surface area contributed by atoms with E-state index in [-0.39, 0.29) is 17.7 Å². The van der Waals surface area contributed by atoms with Gasteiger partial charge in [0.2, 0.25) is 9.05 Å². The van der Waals surface area contributed by atoms with Gasteiger partial charge in [-0.05, 0) is 18.2 Å². The van der Waals surface area contributed by atoms with Crippen molar-refractivity contribution in [3.05, 3.63) is 29.6 Å². The molecule has 94 valence electrons. The summed E-state index contributed by atoms with van der Waals surface area (Å²) in [5.41, 5.74) is 0.0867. The highest BCUT2D eigenvalue weighted by Crippen LogP contribution is 2.18. The molecule has 0 spiro atoms. The van der Waals surface area contributed by atoms with E-state index in [1.165, 1.54) is 19.2 Å². The van der Waals surface area contributed by atoms with Gasteiger partial charge in [0.25, 0.3) is 0 Å². The van der Waals surface area contributed by atoms with E-state index in [2.05, 4.69) is 0 Å². The Hall–Kier alpha value is -1.14. The number of hydrogen-bond acceptors (Lipinski definition) is 4. The normalized spacial score (nSPS) is 11.2. The summed E-state index contributed by atoms with van der Waals surface area (Å²) in [7, 11) is 2.56. The van der Waals surface area contributed by atoms with Gasteiger partial charge in [-0.3, -0.25) is 4.79 Å². The van der Waals surface area contributed by atoms with Crippen molar-refractivity contribution in [1.29, 1.82) is 0 Å². The van der Waals surface area contributed by atoms with Crippen LogP contribution in [0.3, 0.4) is 0 Å². The monoisotopic (exact) mass is 280 g/mol. The van der Waals surface area contributed by atoms with Crippen molar-refractivity contribution in [2.24, 2.45) is 0 Å². The maximum Gasteiger partial charge on any atom is 0.233 e. The molecular weight excluding hydrogens is 271 g/mol. The van der Waals surface area contributed by atoms with E-state index in [4.69, 9.17) is 15.4 Å². The smallest absolute Gasteiger partial charge is 0.233 e. The summed E-state index contributed by atoms with van der Waals surface area (Å²) in [5, 5.41) is 0. The minimum atomic E-state index is -3.72. The van der Waals surface area contributed by atoms with Gasteiger partial charge >= 0.3 is 0 Å². The average Bonchev–Trinajstić information content (AvgIpc) is 2.24. The van der Waals surface area contributed by atoms with Crippen molar-refractivity contribution < 1.29 is 22.3 Å². The van der Waals surface area contributed by atoms with Crippen LogP contribution < -0.4 is 4.74 Å². The number of hydrogen-bond donors (Lipinski definition) is 0. The molecule has 0 unspecified atom stereocenters. The quantitative estimate of drug-likeness (QED) is 0.611. The first-order valence-corrected chi connectivity index (χ1v) is 7.10. The van der Waals surface area contributed by atoms with Crippen molar-refractivity contribution in [3.63, 3.8) is 0 Å². The summed E-state index contributed by atoms with van der Waals surface area (Å²) in [5.74, 6) is -1.62. The van der Waals surface area contributed by atoms with Crippen LogP contribution in [0.1, 0.15) is 16.8 Å². The van der Waals surface area contributed by atoms with Crippen LogP contribution in [0.5, 0.6) is 5.75 Å². The molecular formula is C10H10ClFO4S. The van der Waals surface area contributed by atoms with E-state index in [0.717, 1.165) is 6.07 Å². The van der Waals surface area contributed by atoms with Crippen molar-refractivity contribution in [2.75, 3.05) is 12.9 Å². The number of Topliss-reactive ketones (excluding diaryl/α,β-unsaturated/α-hetero) is 1. The molecule has 0 bridgehead atoms. The Bertz CT molecular complexity index is 527. The number of carbonyl (C=O) groups excluding carboxylic acids is 1. The first-order valence-electron chi connectivity index (χ1n) is 4.62. The average molecular weight is 281 g/mol. The van der Waals surface area contributed by atoms with Crippen LogP contribution in [0.25, 0.3) is 0 Å². The summed E-state index contributed by atoms with van der Waals surface area (Å²) in [6.07, 6.45) is -0.280. The number of methoxy groups -OCH3 is 1. The van der Waals surface area contributed by atoms with Crippen molar-refractivity contribution in [3.8, 4) is 5.75 Å². The second kappa shape index (κ2) is 5.46. The number of carbonyl (C=O) groups is 1. The molecule has 17 heavy (non-hydrogen) atoms. The molecule has 1 aromatic rings. The molecule has 0 N–H and O–H groups in total. The Balaban J connectivity index is 2.80. The lowest BCUT2D eigenvalue weighted by Crippen LogP contribution is -2.07. The molecule has 0 fully saturated rings. The summed E-state index contributed by atoms with van der Waals surface area (Å²) in [6, 6.07) is 3.67. The van der Waals surface area contributed by atoms with Crippen LogP contribution in [0.15, 0.2) is 18.2 Å². The Labute approximate surface area is 103 Å². The molecule has 0 saturated heterocycles. The number of rotatable bonds is 5. The minimum Gasteiger partial charge on any atom is -0.494 e. The number of benzene rings is 1. The van der Waals surface area contributed by atoms with Crippen LogP contribution in [-0.2, 0) is 9.05 Å². The number of ether oxygens (including phenoxy) is 1. The molecule has 0 aliphatic heterocycles. The fraction of sp³-hybridized carbons (Fsp3) is 0.300. The zero-order chi connectivity index (χ0) is 13.1. The second-order valence-corrected chi connectivity index (χ2v) is 6.16. The highest BCUT2D eigenvalue weighted by atomic mass is 35.7. The predicted octanol–water partition coefficient (Wildman–Crippen LogP) is 1.98. The molecule has 0 aliphatic carbocycles. The number of ketones is 1. The predicted molar refractivity (Wildman–Crippen MR) is 61.5 cm³/mol. The Morgan fingerprint density at radius 3 is 2.59 bits per heavy atom. The van der Waals surface area contributed by atoms with Crippen LogP contribution in [0.4, 0.5) is 4.39 Å². The highest BCUT2D eigenvalue weighted by Gasteiger charge is 2.13. The molecule has 1 rings (SSSR count). The molecule has 0 heterocycles. The maximum atomic E-state index is 13.3. The summed E-state index contributed by atoms with van der Waals surface area (Å²) in [4.78, 5) is 11.5. The molecule has 0 radical (unpaired) electrons. The van der Waals surface area contributed by atoms with Crippen LogP contribution in [-0.4, -0.2) is 27.1 Å². The Kier molecular flexibility index (Phi) is 4.47. The molecule has 7 heteroatoms. The van der Waals surface area contributed by atoms with Gasteiger partial charge in [-0.15, -0.1) is 0 Å². The van der Waals surface area contributed by atoms with E-state index in [9.17, 15) is 17.6 Å². The third kappa shape index (κ3) is 4.32. The van der Waals surface area contributed by atoms with Gasteiger partial charge < -0.3 is 4.74 Å². The topological polar surface area (TPSA) is 60.4 Å². The van der Waals surface area contributed by atoms with Gasteiger partial charge in [0.1, 0.15) is 0 Å². The van der Waals surface area contributed by atoms with E-state index in [0.29, 0.717) is 0 Å². The van der Waals surface area contributed by atoms with Crippen LogP contribution in [0, 0.1) is 5.82 Å². The van der Waals surface area contributed by atoms with Crippen molar-refractivity contribution in [2.45, 2.75) is 6.42 Å². The molecule has 4 nitrogen and oxygen atoms in total.